The first-order valence-electron chi connectivity index (χ1n) is 20.2. The molecule has 4 N–H and O–H groups in total. The summed E-state index contributed by atoms with van der Waals surface area (Å²) in [6, 6.07) is 0. The summed E-state index contributed by atoms with van der Waals surface area (Å²) in [5.74, 6) is -0.417. The van der Waals surface area contributed by atoms with Crippen molar-refractivity contribution in [2.45, 2.75) is 185 Å². The maximum absolute atomic E-state index is 12.8. The van der Waals surface area contributed by atoms with Crippen LogP contribution in [0, 0.1) is 0 Å². The number of rotatable bonds is 34. The Hall–Kier alpha value is -1.68. The Morgan fingerprint density at radius 3 is 1.91 bits per heavy atom. The highest BCUT2D eigenvalue weighted by atomic mass is 32.3. The van der Waals surface area contributed by atoms with Crippen molar-refractivity contribution in [1.82, 2.24) is 0 Å². The first kappa shape index (κ1) is 49.3. The molecule has 13 heteroatoms. The molecule has 0 radical (unpaired) electrons. The minimum atomic E-state index is -5.06. The summed E-state index contributed by atoms with van der Waals surface area (Å²) in [6.45, 7) is 3.83. The van der Waals surface area contributed by atoms with Crippen LogP contribution in [0.25, 0.3) is 0 Å². The first-order valence-corrected chi connectivity index (χ1v) is 21.6. The van der Waals surface area contributed by atoms with Gasteiger partial charge in [0.15, 0.2) is 6.29 Å². The lowest BCUT2D eigenvalue weighted by Gasteiger charge is -2.41. The lowest BCUT2D eigenvalue weighted by molar-refractivity contribution is -0.301. The number of hydrogen-bond donors (Lipinski definition) is 4. The van der Waals surface area contributed by atoms with E-state index in [1.165, 1.54) is 51.4 Å². The van der Waals surface area contributed by atoms with E-state index >= 15 is 0 Å². The fourth-order valence-electron chi connectivity index (χ4n) is 5.98. The second-order valence-electron chi connectivity index (χ2n) is 13.9. The molecule has 1 aliphatic rings. The molecule has 12 nitrogen and oxygen atoms in total. The lowest BCUT2D eigenvalue weighted by Crippen LogP contribution is -2.60. The second kappa shape index (κ2) is 32.6. The SMILES string of the molecule is CC/C=C\C/C=C\C/C=C\CCCCCCCC(=O)OC(COCCCCCCCCCCCCC)COC1OC(CO)C(O)C(OS(=O)(=O)O)C1O. The monoisotopic (exact) mass is 776 g/mol. The Bertz CT molecular complexity index is 1080. The molecule has 310 valence electrons. The van der Waals surface area contributed by atoms with Gasteiger partial charge in [-0.05, 0) is 44.9 Å². The van der Waals surface area contributed by atoms with Crippen molar-refractivity contribution in [3.05, 3.63) is 36.5 Å². The molecule has 0 aliphatic carbocycles. The van der Waals surface area contributed by atoms with E-state index in [9.17, 15) is 28.5 Å². The maximum atomic E-state index is 12.8. The van der Waals surface area contributed by atoms with E-state index in [0.717, 1.165) is 70.6 Å². The van der Waals surface area contributed by atoms with Crippen molar-refractivity contribution < 1.29 is 56.2 Å². The third-order valence-corrected chi connectivity index (χ3v) is 9.49. The van der Waals surface area contributed by atoms with E-state index < -0.39 is 59.8 Å². The number of esters is 1. The van der Waals surface area contributed by atoms with Crippen molar-refractivity contribution in [3.63, 3.8) is 0 Å². The summed E-state index contributed by atoms with van der Waals surface area (Å²) in [6.07, 6.45) is 26.1. The summed E-state index contributed by atoms with van der Waals surface area (Å²) in [4.78, 5) is 12.8. The highest BCUT2D eigenvalue weighted by Gasteiger charge is 2.48. The Labute approximate surface area is 320 Å². The zero-order valence-corrected chi connectivity index (χ0v) is 33.4. The molecular weight excluding hydrogens is 704 g/mol. The third-order valence-electron chi connectivity index (χ3n) is 9.03. The van der Waals surface area contributed by atoms with Gasteiger partial charge in [-0.2, -0.15) is 8.42 Å². The van der Waals surface area contributed by atoms with Gasteiger partial charge in [0.2, 0.25) is 0 Å². The molecule has 1 fully saturated rings. The smallest absolute Gasteiger partial charge is 0.397 e. The number of carbonyl (C=O) groups excluding carboxylic acids is 1. The number of aliphatic hydroxyl groups is 3. The molecule has 1 rings (SSSR count). The van der Waals surface area contributed by atoms with Crippen LogP contribution < -0.4 is 0 Å². The predicted molar refractivity (Wildman–Crippen MR) is 207 cm³/mol. The molecule has 0 aromatic rings. The van der Waals surface area contributed by atoms with Crippen LogP contribution in [0.4, 0.5) is 0 Å². The predicted octanol–water partition coefficient (Wildman–Crippen LogP) is 7.46. The number of unbranched alkanes of at least 4 members (excludes halogenated alkanes) is 15. The van der Waals surface area contributed by atoms with E-state index in [4.69, 9.17) is 23.5 Å². The fourth-order valence-corrected chi connectivity index (χ4v) is 6.49. The lowest BCUT2D eigenvalue weighted by atomic mass is 9.99. The fraction of sp³-hybridized carbons (Fsp3) is 0.825. The van der Waals surface area contributed by atoms with E-state index in [1.807, 2.05) is 0 Å². The van der Waals surface area contributed by atoms with Crippen molar-refractivity contribution in [2.75, 3.05) is 26.4 Å². The van der Waals surface area contributed by atoms with Gasteiger partial charge in [0.1, 0.15) is 30.5 Å². The quantitative estimate of drug-likeness (QED) is 0.0220. The molecular formula is C40H72O12S. The highest BCUT2D eigenvalue weighted by molar-refractivity contribution is 7.80. The van der Waals surface area contributed by atoms with Crippen LogP contribution in [-0.4, -0.2) is 97.5 Å². The van der Waals surface area contributed by atoms with Gasteiger partial charge in [-0.25, -0.2) is 4.18 Å². The Morgan fingerprint density at radius 1 is 0.736 bits per heavy atom. The van der Waals surface area contributed by atoms with Crippen LogP contribution in [-0.2, 0) is 38.3 Å². The van der Waals surface area contributed by atoms with E-state index in [0.29, 0.717) is 13.0 Å². The van der Waals surface area contributed by atoms with Gasteiger partial charge >= 0.3 is 16.4 Å². The molecule has 1 saturated heterocycles. The molecule has 1 heterocycles. The van der Waals surface area contributed by atoms with E-state index in [1.54, 1.807) is 0 Å². The van der Waals surface area contributed by atoms with Gasteiger partial charge in [-0.3, -0.25) is 9.35 Å². The zero-order chi connectivity index (χ0) is 39.0. The van der Waals surface area contributed by atoms with Gasteiger partial charge in [0, 0.05) is 13.0 Å². The first-order chi connectivity index (χ1) is 25.6. The van der Waals surface area contributed by atoms with Gasteiger partial charge in [0.25, 0.3) is 0 Å². The second-order valence-corrected chi connectivity index (χ2v) is 14.9. The van der Waals surface area contributed by atoms with Crippen LogP contribution in [0.1, 0.15) is 149 Å². The number of hydrogen-bond acceptors (Lipinski definition) is 11. The van der Waals surface area contributed by atoms with Gasteiger partial charge in [-0.15, -0.1) is 0 Å². The summed E-state index contributed by atoms with van der Waals surface area (Å²) in [5.41, 5.74) is 0. The molecule has 6 unspecified atom stereocenters. The number of allylic oxidation sites excluding steroid dienone is 6. The summed E-state index contributed by atoms with van der Waals surface area (Å²) in [5, 5.41) is 30.5. The van der Waals surface area contributed by atoms with Gasteiger partial charge in [-0.1, -0.05) is 134 Å². The third kappa shape index (κ3) is 26.7. The molecule has 0 aromatic heterocycles. The Balaban J connectivity index is 2.50. The Morgan fingerprint density at radius 2 is 1.30 bits per heavy atom. The Kier molecular flexibility index (Phi) is 30.3. The van der Waals surface area contributed by atoms with Gasteiger partial charge < -0.3 is 34.3 Å². The molecule has 1 aliphatic heterocycles. The average molecular weight is 777 g/mol. The van der Waals surface area contributed by atoms with E-state index in [-0.39, 0.29) is 19.6 Å². The normalized spacial score (nSPS) is 21.7. The summed E-state index contributed by atoms with van der Waals surface area (Å²) in [7, 11) is -5.06. The van der Waals surface area contributed by atoms with E-state index in [2.05, 4.69) is 54.5 Å². The molecule has 6 atom stereocenters. The van der Waals surface area contributed by atoms with Crippen LogP contribution >= 0.6 is 0 Å². The summed E-state index contributed by atoms with van der Waals surface area (Å²) >= 11 is 0. The van der Waals surface area contributed by atoms with Crippen molar-refractivity contribution >= 4 is 16.4 Å². The molecule has 0 amide bonds. The number of carbonyl (C=O) groups is 1. The molecule has 0 spiro atoms. The van der Waals surface area contributed by atoms with Crippen molar-refractivity contribution in [2.24, 2.45) is 0 Å². The molecule has 0 bridgehead atoms. The summed E-state index contributed by atoms with van der Waals surface area (Å²) < 4.78 is 58.8. The van der Waals surface area contributed by atoms with Crippen LogP contribution in [0.2, 0.25) is 0 Å². The van der Waals surface area contributed by atoms with Gasteiger partial charge in [0.05, 0.1) is 19.8 Å². The molecule has 53 heavy (non-hydrogen) atoms. The van der Waals surface area contributed by atoms with Crippen LogP contribution in [0.5, 0.6) is 0 Å². The minimum Gasteiger partial charge on any atom is -0.457 e. The molecule has 0 aromatic carbocycles. The van der Waals surface area contributed by atoms with Crippen molar-refractivity contribution in [1.29, 1.82) is 0 Å². The minimum absolute atomic E-state index is 0.0303. The topological polar surface area (TPSA) is 178 Å². The van der Waals surface area contributed by atoms with Crippen LogP contribution in [0.15, 0.2) is 36.5 Å². The molecule has 0 saturated carbocycles. The largest absolute Gasteiger partial charge is 0.457 e. The maximum Gasteiger partial charge on any atom is 0.397 e. The van der Waals surface area contributed by atoms with Crippen LogP contribution in [0.3, 0.4) is 0 Å². The highest BCUT2D eigenvalue weighted by Crippen LogP contribution is 2.26. The van der Waals surface area contributed by atoms with Crippen molar-refractivity contribution in [3.8, 4) is 0 Å². The number of aliphatic hydroxyl groups excluding tert-OH is 3. The zero-order valence-electron chi connectivity index (χ0n) is 32.6. The average Bonchev–Trinajstić information content (AvgIpc) is 3.12. The number of ether oxygens (including phenoxy) is 4. The standard InChI is InChI=1S/C40H72O12S/c1-3-5-7-9-11-13-15-16-17-18-19-21-23-25-27-29-36(42)50-34(32-48-30-28-26-24-22-20-14-12-10-8-6-4-2)33-49-40-38(44)39(52-53(45,46)47)37(43)35(31-41)51-40/h5,7,11,13,16-17,34-35,37-41,43-44H,3-4,6,8-10,12,14-15,18-33H2,1-2H3,(H,45,46,47)/b7-5-,13-11-,17-16-.